The Morgan fingerprint density at radius 3 is 1.53 bits per heavy atom. The van der Waals surface area contributed by atoms with E-state index in [1.807, 2.05) is 13.8 Å². The van der Waals surface area contributed by atoms with Crippen LogP contribution in [-0.2, 0) is 95.0 Å². The summed E-state index contributed by atoms with van der Waals surface area (Å²) in [6.07, 6.45) is -54.7. The minimum atomic E-state index is -2.10. The average Bonchev–Trinajstić information content (AvgIpc) is 0.675. The molecule has 7 heterocycles. The molecule has 4 saturated carbocycles. The van der Waals surface area contributed by atoms with E-state index in [0.29, 0.717) is 25.7 Å². The van der Waals surface area contributed by atoms with E-state index in [0.717, 1.165) is 13.2 Å². The fraction of sp³-hybridized carbons (Fsp3) is 0.917. The monoisotopic (exact) mass is 1580 g/mol. The van der Waals surface area contributed by atoms with Gasteiger partial charge < -0.3 is 173 Å². The number of carbonyl (C=O) groups is 4. The van der Waals surface area contributed by atoms with E-state index in [-0.39, 0.29) is 37.6 Å². The summed E-state index contributed by atoms with van der Waals surface area (Å²) in [6.45, 7) is 13.1. The van der Waals surface area contributed by atoms with Gasteiger partial charge >= 0.3 is 11.9 Å². The minimum Gasteiger partial charge on any atom is -0.457 e. The third-order valence-corrected chi connectivity index (χ3v) is 26.8. The number of rotatable bonds is 20. The van der Waals surface area contributed by atoms with Gasteiger partial charge in [-0.3, -0.25) is 14.4 Å². The molecule has 45 atom stereocenters. The molecule has 7 saturated heterocycles. The fourth-order valence-corrected chi connectivity index (χ4v) is 20.8. The first-order chi connectivity index (χ1) is 51.7. The summed E-state index contributed by atoms with van der Waals surface area (Å²) >= 11 is 0. The lowest BCUT2D eigenvalue weighted by Crippen LogP contribution is -2.69. The van der Waals surface area contributed by atoms with Crippen molar-refractivity contribution in [2.75, 3.05) is 26.4 Å². The smallest absolute Gasteiger partial charge is 0.311 e. The Morgan fingerprint density at radius 2 is 0.973 bits per heavy atom. The van der Waals surface area contributed by atoms with Gasteiger partial charge in [-0.15, -0.1) is 0 Å². The number of carbonyl (C=O) groups excluding carboxylic acids is 4. The lowest BCUT2D eigenvalue weighted by Gasteiger charge is -2.71. The zero-order valence-electron chi connectivity index (χ0n) is 62.5. The largest absolute Gasteiger partial charge is 0.457 e. The highest BCUT2D eigenvalue weighted by Gasteiger charge is 2.72. The second-order valence-electron chi connectivity index (χ2n) is 34.1. The van der Waals surface area contributed by atoms with Gasteiger partial charge in [0, 0.05) is 12.8 Å². The number of aliphatic hydroxyl groups excluding tert-OH is 18. The van der Waals surface area contributed by atoms with E-state index in [1.165, 1.54) is 13.8 Å². The third-order valence-electron chi connectivity index (χ3n) is 26.8. The van der Waals surface area contributed by atoms with E-state index in [4.69, 9.17) is 75.8 Å². The zero-order valence-corrected chi connectivity index (χ0v) is 62.5. The van der Waals surface area contributed by atoms with Crippen LogP contribution in [0.5, 0.6) is 0 Å². The normalized spacial score (nSPS) is 54.3. The highest BCUT2D eigenvalue weighted by atomic mass is 16.8. The first-order valence-corrected chi connectivity index (χ1v) is 37.9. The number of hydrogen-bond acceptors (Lipinski definition) is 38. The summed E-state index contributed by atoms with van der Waals surface area (Å²) in [7, 11) is 0. The van der Waals surface area contributed by atoms with Gasteiger partial charge in [-0.1, -0.05) is 53.7 Å². The van der Waals surface area contributed by atoms with Crippen LogP contribution < -0.4 is 0 Å². The van der Waals surface area contributed by atoms with Crippen LogP contribution in [0.1, 0.15) is 107 Å². The van der Waals surface area contributed by atoms with Crippen LogP contribution >= 0.6 is 0 Å². The van der Waals surface area contributed by atoms with Gasteiger partial charge in [-0.05, 0) is 104 Å². The molecule has 12 aliphatic rings. The van der Waals surface area contributed by atoms with E-state index in [1.54, 1.807) is 6.92 Å². The molecule has 35 unspecified atom stereocenters. The van der Waals surface area contributed by atoms with Crippen molar-refractivity contribution in [1.82, 2.24) is 0 Å². The van der Waals surface area contributed by atoms with Crippen LogP contribution in [0.4, 0.5) is 0 Å². The maximum absolute atomic E-state index is 15.7. The number of allylic oxidation sites excluding steroid dienone is 2. The van der Waals surface area contributed by atoms with Crippen molar-refractivity contribution in [3.63, 3.8) is 0 Å². The van der Waals surface area contributed by atoms with Crippen LogP contribution in [0.25, 0.3) is 0 Å². The molecule has 0 amide bonds. The Hall–Kier alpha value is -3.42. The van der Waals surface area contributed by atoms with Crippen LogP contribution in [0.3, 0.4) is 0 Å². The molecular formula is C72H112O38. The second kappa shape index (κ2) is 33.2. The van der Waals surface area contributed by atoms with E-state index < -0.39 is 304 Å². The number of hydrogen-bond donors (Lipinski definition) is 18. The molecule has 18 N–H and O–H groups in total. The Kier molecular flexibility index (Phi) is 25.9. The highest BCUT2D eigenvalue weighted by molar-refractivity contribution is 5.73. The van der Waals surface area contributed by atoms with Crippen LogP contribution in [-0.4, -0.2) is 358 Å². The van der Waals surface area contributed by atoms with E-state index in [2.05, 4.69) is 32.9 Å². The number of aldehydes is 1. The van der Waals surface area contributed by atoms with Crippen LogP contribution in [0.2, 0.25) is 0 Å². The molecule has 0 aromatic heterocycles. The van der Waals surface area contributed by atoms with Gasteiger partial charge in [0.05, 0.1) is 62.2 Å². The van der Waals surface area contributed by atoms with E-state index in [9.17, 15) is 106 Å². The Labute approximate surface area is 633 Å². The van der Waals surface area contributed by atoms with E-state index >= 15 is 4.79 Å². The van der Waals surface area contributed by atoms with Gasteiger partial charge in [-0.2, -0.15) is 0 Å². The molecule has 38 nitrogen and oxygen atoms in total. The number of aliphatic hydroxyl groups is 18. The molecule has 0 bridgehead atoms. The molecule has 110 heavy (non-hydrogen) atoms. The Balaban J connectivity index is 0.821. The van der Waals surface area contributed by atoms with Crippen molar-refractivity contribution in [3.8, 4) is 0 Å². The maximum Gasteiger partial charge on any atom is 0.311 e. The summed E-state index contributed by atoms with van der Waals surface area (Å²) in [4.78, 5) is 55.1. The Bertz CT molecular complexity index is 3190. The predicted molar refractivity (Wildman–Crippen MR) is 357 cm³/mol. The van der Waals surface area contributed by atoms with Crippen molar-refractivity contribution in [1.29, 1.82) is 0 Å². The summed E-state index contributed by atoms with van der Waals surface area (Å²) in [6, 6.07) is 0. The molecule has 0 radical (unpaired) electrons. The fourth-order valence-electron chi connectivity index (χ4n) is 20.8. The molecular weight excluding hydrogens is 1470 g/mol. The topological polar surface area (TPSA) is 580 Å². The quantitative estimate of drug-likeness (QED) is 0.0177. The molecule has 7 aliphatic heterocycles. The summed E-state index contributed by atoms with van der Waals surface area (Å²) in [5.74, 6) is -5.22. The number of fused-ring (bicyclic) bond motifs is 7. The van der Waals surface area contributed by atoms with Crippen molar-refractivity contribution in [2.45, 2.75) is 322 Å². The van der Waals surface area contributed by atoms with Gasteiger partial charge in [0.15, 0.2) is 49.9 Å². The van der Waals surface area contributed by atoms with Gasteiger partial charge in [-0.25, -0.2) is 0 Å². The van der Waals surface area contributed by atoms with Gasteiger partial charge in [0.1, 0.15) is 134 Å². The summed E-state index contributed by atoms with van der Waals surface area (Å²) in [5, 5.41) is 198. The van der Waals surface area contributed by atoms with Crippen molar-refractivity contribution in [2.24, 2.45) is 62.6 Å². The molecule has 12 rings (SSSR count). The van der Waals surface area contributed by atoms with Crippen molar-refractivity contribution < 1.29 is 187 Å². The lowest BCUT2D eigenvalue weighted by molar-refractivity contribution is -0.410. The lowest BCUT2D eigenvalue weighted by atomic mass is 9.33. The predicted octanol–water partition coefficient (Wildman–Crippen LogP) is -6.66. The average molecular weight is 1590 g/mol. The second-order valence-corrected chi connectivity index (χ2v) is 34.1. The standard InChI is InChI=1S/C72H112O38/c1-25-53(104-60-47(88)40(81)32(79)21-95-60)46(87)51(92)63(98-25)108-58-56(106-64-49(90)44(85)42(83)34(19-73)101-64)54(100-27(3)77)26(2)99-66(58)109-59(94)29-17-68(4,5)16-28-30-10-11-37-69(6)14-13-38(70(7,23-75)36(69)12-15-71(37,8)72(30,9)18-31(78)39(28)29)103-67-57(107-65-50(91)45(86)43(84)35(20-74)102-65)55(52(93)62(110-67)97-24-76)105-61-48(89)41(82)33(80)22-96-61/h10-11,23-26,28-58,60-67,73-74,78-93H,12-22H2,1-9H3/t25?,26?,28-,29+,30?,31+,32?,33?,34?,35?,36+,37+,38-,39?,40?,41?,42?,43?,44?,45?,46?,47?,48?,49?,50?,51?,52?,53?,54?,55?,56?,57?,58?,60?,61?,62?,63?,64?,65?,66?,67?,69-,70-,71+,72+/m0/s1. The molecule has 0 aromatic rings. The molecule has 38 heteroatoms. The summed E-state index contributed by atoms with van der Waals surface area (Å²) < 4.78 is 96.5. The SMILES string of the molecule is CC(=O)OC1C(C)OC(OC(=O)[C@@H]2CC(C)(C)C[C@@H]3C2[C@H](O)C[C@]2(C)C3C=C[C@@H]3[C@@]4(C)CC[C@H](OC5OC(OC=O)C(O)C(OC6OCC(O)C(O)C6O)C5OC5OC(CO)C(O)C(O)C5O)[C@@](C)(C=O)[C@@H]4CC[C@]32C)C(OC2OC(C)C(OC3OCC(O)C(O)C3O)C(O)C2O)C1OC1OC(CO)C(O)C(O)C1O. The number of ether oxygens (including phenoxy) is 16. The van der Waals surface area contributed by atoms with Gasteiger partial charge in [0.25, 0.3) is 6.47 Å². The molecule has 11 fully saturated rings. The molecule has 5 aliphatic carbocycles. The molecule has 0 aromatic carbocycles. The minimum absolute atomic E-state index is 0.0437. The highest BCUT2D eigenvalue weighted by Crippen LogP contribution is 2.75. The Morgan fingerprint density at radius 1 is 0.464 bits per heavy atom. The van der Waals surface area contributed by atoms with Gasteiger partial charge in [0.2, 0.25) is 12.6 Å². The zero-order chi connectivity index (χ0) is 80.2. The maximum atomic E-state index is 15.7. The molecule has 0 spiro atoms. The first kappa shape index (κ1) is 85.9. The van der Waals surface area contributed by atoms with Crippen molar-refractivity contribution in [3.05, 3.63) is 12.2 Å². The van der Waals surface area contributed by atoms with Crippen molar-refractivity contribution >= 4 is 24.7 Å². The summed E-state index contributed by atoms with van der Waals surface area (Å²) in [5.41, 5.74) is -4.16. The third kappa shape index (κ3) is 15.4. The van der Waals surface area contributed by atoms with Crippen LogP contribution in [0, 0.1) is 62.6 Å². The number of esters is 2. The first-order valence-electron chi connectivity index (χ1n) is 37.9. The van der Waals surface area contributed by atoms with Crippen LogP contribution in [0.15, 0.2) is 12.2 Å². The molecule has 628 valence electrons.